The molecule has 0 radical (unpaired) electrons. The highest BCUT2D eigenvalue weighted by Gasteiger charge is 1.96. The van der Waals surface area contributed by atoms with Gasteiger partial charge in [-0.3, -0.25) is 0 Å². The van der Waals surface area contributed by atoms with Crippen LogP contribution in [-0.4, -0.2) is 5.96 Å². The maximum Gasteiger partial charge on any atom is 0.191 e. The monoisotopic (exact) mass is 387 g/mol. The second-order valence-corrected chi connectivity index (χ2v) is 4.46. The van der Waals surface area contributed by atoms with Gasteiger partial charge in [0.25, 0.3) is 0 Å². The number of aliphatic imine (C=N–C) groups is 1. The number of halogens is 2. The second-order valence-electron chi connectivity index (χ2n) is 2.14. The smallest absolute Gasteiger partial charge is 0.191 e. The van der Waals surface area contributed by atoms with E-state index in [2.05, 4.69) is 50.2 Å². The van der Waals surface area contributed by atoms with Gasteiger partial charge in [-0.05, 0) is 63.4 Å². The summed E-state index contributed by atoms with van der Waals surface area (Å²) in [5.74, 6) is 0.0898. The third kappa shape index (κ3) is 2.77. The Morgan fingerprint density at radius 2 is 1.83 bits per heavy atom. The zero-order valence-electron chi connectivity index (χ0n) is 6.09. The fourth-order valence-corrected chi connectivity index (χ4v) is 1.54. The fraction of sp³-hybridized carbons (Fsp3) is 0. The van der Waals surface area contributed by atoms with E-state index in [9.17, 15) is 0 Å². The van der Waals surface area contributed by atoms with E-state index in [-0.39, 0.29) is 5.96 Å². The Bertz CT molecular complexity index is 318. The van der Waals surface area contributed by atoms with Crippen molar-refractivity contribution in [2.75, 3.05) is 0 Å². The Morgan fingerprint density at radius 1 is 1.17 bits per heavy atom. The van der Waals surface area contributed by atoms with Gasteiger partial charge < -0.3 is 11.5 Å². The Labute approximate surface area is 97.9 Å². The standard InChI is InChI=1S/C7H7I2N3/c8-5-2-1-4(3-6(5)9)12-7(10)11/h1-3H,(H4,10,11,12). The first-order valence-electron chi connectivity index (χ1n) is 3.14. The quantitative estimate of drug-likeness (QED) is 0.439. The van der Waals surface area contributed by atoms with Gasteiger partial charge in [0.2, 0.25) is 0 Å². The first kappa shape index (κ1) is 10.0. The molecular formula is C7H7I2N3. The van der Waals surface area contributed by atoms with Crippen molar-refractivity contribution in [1.29, 1.82) is 0 Å². The van der Waals surface area contributed by atoms with Crippen molar-refractivity contribution < 1.29 is 0 Å². The van der Waals surface area contributed by atoms with E-state index >= 15 is 0 Å². The molecular weight excluding hydrogens is 380 g/mol. The third-order valence-corrected chi connectivity index (χ3v) is 4.03. The zero-order valence-corrected chi connectivity index (χ0v) is 10.4. The van der Waals surface area contributed by atoms with Gasteiger partial charge in [-0.2, -0.15) is 0 Å². The summed E-state index contributed by atoms with van der Waals surface area (Å²) in [6, 6.07) is 5.79. The van der Waals surface area contributed by atoms with Crippen LogP contribution in [0.4, 0.5) is 5.69 Å². The van der Waals surface area contributed by atoms with Gasteiger partial charge in [0, 0.05) is 7.14 Å². The summed E-state index contributed by atoms with van der Waals surface area (Å²) < 4.78 is 2.35. The SMILES string of the molecule is NC(N)=Nc1ccc(I)c(I)c1. The number of guanidine groups is 1. The number of hydrogen-bond acceptors (Lipinski definition) is 1. The highest BCUT2D eigenvalue weighted by atomic mass is 127. The highest BCUT2D eigenvalue weighted by molar-refractivity contribution is 14.1. The Hall–Kier alpha value is -0.0500. The topological polar surface area (TPSA) is 64.4 Å². The Morgan fingerprint density at radius 3 is 2.33 bits per heavy atom. The summed E-state index contributed by atoms with van der Waals surface area (Å²) in [6.45, 7) is 0. The van der Waals surface area contributed by atoms with Crippen LogP contribution in [0.3, 0.4) is 0 Å². The van der Waals surface area contributed by atoms with E-state index in [1.165, 1.54) is 3.57 Å². The largest absolute Gasteiger partial charge is 0.370 e. The summed E-state index contributed by atoms with van der Waals surface area (Å²) in [4.78, 5) is 3.93. The highest BCUT2D eigenvalue weighted by Crippen LogP contribution is 2.20. The number of hydrogen-bond donors (Lipinski definition) is 2. The molecule has 12 heavy (non-hydrogen) atoms. The first-order chi connectivity index (χ1) is 5.59. The van der Waals surface area contributed by atoms with Gasteiger partial charge in [0.05, 0.1) is 5.69 Å². The second kappa shape index (κ2) is 4.26. The number of rotatable bonds is 1. The molecule has 0 atom stereocenters. The molecule has 0 aliphatic rings. The lowest BCUT2D eigenvalue weighted by molar-refractivity contribution is 1.41. The van der Waals surface area contributed by atoms with Crippen molar-refractivity contribution in [3.05, 3.63) is 25.3 Å². The van der Waals surface area contributed by atoms with Crippen LogP contribution in [0.25, 0.3) is 0 Å². The molecule has 0 spiro atoms. The van der Waals surface area contributed by atoms with E-state index in [0.717, 1.165) is 9.26 Å². The first-order valence-corrected chi connectivity index (χ1v) is 5.30. The van der Waals surface area contributed by atoms with Gasteiger partial charge in [0.15, 0.2) is 5.96 Å². The molecule has 1 aromatic carbocycles. The average Bonchev–Trinajstić information content (AvgIpc) is 1.96. The Balaban J connectivity index is 3.05. The van der Waals surface area contributed by atoms with Crippen LogP contribution in [0.2, 0.25) is 0 Å². The fourth-order valence-electron chi connectivity index (χ4n) is 0.704. The molecule has 3 nitrogen and oxygen atoms in total. The van der Waals surface area contributed by atoms with Crippen molar-refractivity contribution in [2.24, 2.45) is 16.5 Å². The lowest BCUT2D eigenvalue weighted by Crippen LogP contribution is -2.21. The van der Waals surface area contributed by atoms with E-state index in [0.29, 0.717) is 0 Å². The molecule has 0 aliphatic heterocycles. The molecule has 1 rings (SSSR count). The molecule has 0 saturated carbocycles. The van der Waals surface area contributed by atoms with Gasteiger partial charge in [0.1, 0.15) is 0 Å². The predicted molar refractivity (Wildman–Crippen MR) is 67.3 cm³/mol. The molecule has 0 heterocycles. The molecule has 0 saturated heterocycles. The summed E-state index contributed by atoms with van der Waals surface area (Å²) >= 11 is 4.49. The molecule has 0 aliphatic carbocycles. The molecule has 0 bridgehead atoms. The molecule has 0 aromatic heterocycles. The average molecular weight is 387 g/mol. The van der Waals surface area contributed by atoms with Crippen molar-refractivity contribution in [1.82, 2.24) is 0 Å². The number of nitrogens with zero attached hydrogens (tertiary/aromatic N) is 1. The maximum atomic E-state index is 5.24. The Kier molecular flexibility index (Phi) is 3.56. The van der Waals surface area contributed by atoms with Crippen molar-refractivity contribution in [3.63, 3.8) is 0 Å². The molecule has 0 amide bonds. The summed E-state index contributed by atoms with van der Waals surface area (Å²) in [5.41, 5.74) is 11.3. The van der Waals surface area contributed by atoms with E-state index < -0.39 is 0 Å². The van der Waals surface area contributed by atoms with Gasteiger partial charge >= 0.3 is 0 Å². The minimum atomic E-state index is 0.0898. The van der Waals surface area contributed by atoms with Crippen LogP contribution >= 0.6 is 45.2 Å². The van der Waals surface area contributed by atoms with Gasteiger partial charge in [-0.25, -0.2) is 4.99 Å². The number of nitrogens with two attached hydrogens (primary N) is 2. The van der Waals surface area contributed by atoms with Crippen LogP contribution in [0.5, 0.6) is 0 Å². The summed E-state index contributed by atoms with van der Waals surface area (Å²) in [6.07, 6.45) is 0. The summed E-state index contributed by atoms with van der Waals surface area (Å²) in [7, 11) is 0. The van der Waals surface area contributed by atoms with Crippen LogP contribution in [0, 0.1) is 7.14 Å². The predicted octanol–water partition coefficient (Wildman–Crippen LogP) is 1.80. The van der Waals surface area contributed by atoms with Crippen molar-refractivity contribution in [2.45, 2.75) is 0 Å². The van der Waals surface area contributed by atoms with E-state index in [1.54, 1.807) is 0 Å². The molecule has 5 heteroatoms. The molecule has 0 unspecified atom stereocenters. The lowest BCUT2D eigenvalue weighted by Gasteiger charge is -1.98. The van der Waals surface area contributed by atoms with Gasteiger partial charge in [-0.1, -0.05) is 0 Å². The van der Waals surface area contributed by atoms with Crippen LogP contribution < -0.4 is 11.5 Å². The third-order valence-electron chi connectivity index (χ3n) is 1.16. The molecule has 0 fully saturated rings. The minimum absolute atomic E-state index is 0.0898. The van der Waals surface area contributed by atoms with Crippen LogP contribution in [0.1, 0.15) is 0 Å². The van der Waals surface area contributed by atoms with Gasteiger partial charge in [-0.15, -0.1) is 0 Å². The number of benzene rings is 1. The van der Waals surface area contributed by atoms with Crippen molar-refractivity contribution in [3.8, 4) is 0 Å². The lowest BCUT2D eigenvalue weighted by atomic mass is 10.3. The molecule has 1 aromatic rings. The molecule has 64 valence electrons. The molecule has 4 N–H and O–H groups in total. The minimum Gasteiger partial charge on any atom is -0.370 e. The van der Waals surface area contributed by atoms with Crippen LogP contribution in [-0.2, 0) is 0 Å². The van der Waals surface area contributed by atoms with E-state index in [1.807, 2.05) is 18.2 Å². The zero-order chi connectivity index (χ0) is 9.14. The summed E-state index contributed by atoms with van der Waals surface area (Å²) in [5, 5.41) is 0. The van der Waals surface area contributed by atoms with E-state index in [4.69, 9.17) is 11.5 Å². The van der Waals surface area contributed by atoms with Crippen LogP contribution in [0.15, 0.2) is 23.2 Å². The normalized spacial score (nSPS) is 9.50. The maximum absolute atomic E-state index is 5.24. The van der Waals surface area contributed by atoms with Crippen molar-refractivity contribution >= 4 is 56.8 Å².